The molecule has 0 saturated heterocycles. The van der Waals surface area contributed by atoms with Gasteiger partial charge in [-0.15, -0.1) is 0 Å². The molecule has 1 heterocycles. The van der Waals surface area contributed by atoms with Crippen LogP contribution >= 0.6 is 0 Å². The van der Waals surface area contributed by atoms with Crippen LogP contribution in [-0.4, -0.2) is 43.2 Å². The van der Waals surface area contributed by atoms with Gasteiger partial charge in [0.05, 0.1) is 7.11 Å². The number of carbonyl (C=O) groups excluding carboxylic acids is 1. The highest BCUT2D eigenvalue weighted by Gasteiger charge is 2.39. The summed E-state index contributed by atoms with van der Waals surface area (Å²) < 4.78 is 5.55. The molecule has 3 rings (SSSR count). The molecular weight excluding hydrogens is 268 g/mol. The predicted octanol–water partition coefficient (Wildman–Crippen LogP) is 2.00. The molecule has 21 heavy (non-hydrogen) atoms. The van der Waals surface area contributed by atoms with Crippen molar-refractivity contribution in [2.24, 2.45) is 4.99 Å². The number of amides is 1. The van der Waals surface area contributed by atoms with Gasteiger partial charge in [-0.05, 0) is 30.0 Å². The summed E-state index contributed by atoms with van der Waals surface area (Å²) in [5.74, 6) is 0.664. The van der Waals surface area contributed by atoms with E-state index in [2.05, 4.69) is 11.1 Å². The lowest BCUT2D eigenvalue weighted by molar-refractivity contribution is -0.0757. The molecule has 0 N–H and O–H groups in total. The molecule has 112 valence electrons. The number of nitrogens with zero attached hydrogens (tertiary/aromatic N) is 2. The highest BCUT2D eigenvalue weighted by atomic mass is 16.7. The first-order valence-electron chi connectivity index (χ1n) is 7.17. The second kappa shape index (κ2) is 5.15. The van der Waals surface area contributed by atoms with Crippen LogP contribution in [0.15, 0.2) is 23.2 Å². The average Bonchev–Trinajstić information content (AvgIpc) is 2.85. The van der Waals surface area contributed by atoms with Crippen molar-refractivity contribution < 1.29 is 14.4 Å². The summed E-state index contributed by atoms with van der Waals surface area (Å²) in [7, 11) is 3.13. The molecule has 0 fully saturated rings. The van der Waals surface area contributed by atoms with Crippen molar-refractivity contribution in [3.05, 3.63) is 34.9 Å². The molecule has 1 aliphatic carbocycles. The SMILES string of the molecule is CON(C)C(=O)c1cccc2c1CCC1(COC(C)=N1)C2. The molecule has 0 radical (unpaired) electrons. The molecular formula is C16H20N2O3. The maximum absolute atomic E-state index is 12.4. The maximum atomic E-state index is 12.4. The Morgan fingerprint density at radius 2 is 2.29 bits per heavy atom. The summed E-state index contributed by atoms with van der Waals surface area (Å²) in [6.07, 6.45) is 2.59. The number of aliphatic imine (C=N–C) groups is 1. The molecule has 2 aliphatic rings. The molecule has 1 aromatic rings. The van der Waals surface area contributed by atoms with Crippen molar-refractivity contribution in [2.45, 2.75) is 31.7 Å². The summed E-state index contributed by atoms with van der Waals surface area (Å²) >= 11 is 0. The zero-order valence-electron chi connectivity index (χ0n) is 12.7. The van der Waals surface area contributed by atoms with Crippen LogP contribution in [0, 0.1) is 0 Å². The van der Waals surface area contributed by atoms with Gasteiger partial charge in [0.15, 0.2) is 5.90 Å². The zero-order valence-corrected chi connectivity index (χ0v) is 12.7. The van der Waals surface area contributed by atoms with E-state index in [0.717, 1.165) is 36.3 Å². The van der Waals surface area contributed by atoms with E-state index in [-0.39, 0.29) is 11.4 Å². The highest BCUT2D eigenvalue weighted by molar-refractivity contribution is 5.95. The lowest BCUT2D eigenvalue weighted by Gasteiger charge is -2.31. The molecule has 1 aromatic carbocycles. The van der Waals surface area contributed by atoms with Crippen LogP contribution in [0.1, 0.15) is 34.8 Å². The third-order valence-electron chi connectivity index (χ3n) is 4.37. The summed E-state index contributed by atoms with van der Waals surface area (Å²) in [5, 5.41) is 1.26. The number of ether oxygens (including phenoxy) is 1. The Morgan fingerprint density at radius 3 is 2.95 bits per heavy atom. The average molecular weight is 288 g/mol. The van der Waals surface area contributed by atoms with Crippen molar-refractivity contribution in [3.63, 3.8) is 0 Å². The number of carbonyl (C=O) groups is 1. The second-order valence-corrected chi connectivity index (χ2v) is 5.75. The van der Waals surface area contributed by atoms with Gasteiger partial charge in [-0.2, -0.15) is 0 Å². The quantitative estimate of drug-likeness (QED) is 0.782. The van der Waals surface area contributed by atoms with Crippen molar-refractivity contribution in [1.82, 2.24) is 5.06 Å². The molecule has 1 unspecified atom stereocenters. The van der Waals surface area contributed by atoms with Crippen LogP contribution in [0.2, 0.25) is 0 Å². The molecule has 0 bridgehead atoms. The largest absolute Gasteiger partial charge is 0.479 e. The van der Waals surface area contributed by atoms with E-state index >= 15 is 0 Å². The van der Waals surface area contributed by atoms with Crippen LogP contribution in [0.3, 0.4) is 0 Å². The Morgan fingerprint density at radius 1 is 1.48 bits per heavy atom. The topological polar surface area (TPSA) is 51.1 Å². The van der Waals surface area contributed by atoms with Gasteiger partial charge < -0.3 is 4.74 Å². The Balaban J connectivity index is 1.94. The van der Waals surface area contributed by atoms with Gasteiger partial charge >= 0.3 is 0 Å². The van der Waals surface area contributed by atoms with Crippen LogP contribution in [0.5, 0.6) is 0 Å². The Bertz CT molecular complexity index is 612. The second-order valence-electron chi connectivity index (χ2n) is 5.75. The van der Waals surface area contributed by atoms with E-state index in [1.807, 2.05) is 19.1 Å². The van der Waals surface area contributed by atoms with Crippen LogP contribution < -0.4 is 0 Å². The first-order valence-corrected chi connectivity index (χ1v) is 7.17. The molecule has 1 atom stereocenters. The number of hydrogen-bond acceptors (Lipinski definition) is 4. The molecule has 5 heteroatoms. The molecule has 0 saturated carbocycles. The Hall–Kier alpha value is -1.88. The van der Waals surface area contributed by atoms with Crippen molar-refractivity contribution in [2.75, 3.05) is 20.8 Å². The number of rotatable bonds is 2. The van der Waals surface area contributed by atoms with Gasteiger partial charge in [-0.1, -0.05) is 12.1 Å². The molecule has 1 amide bonds. The van der Waals surface area contributed by atoms with Gasteiger partial charge in [-0.3, -0.25) is 9.63 Å². The van der Waals surface area contributed by atoms with Gasteiger partial charge in [-0.25, -0.2) is 10.1 Å². The van der Waals surface area contributed by atoms with Gasteiger partial charge in [0.1, 0.15) is 12.1 Å². The smallest absolute Gasteiger partial charge is 0.277 e. The lowest BCUT2D eigenvalue weighted by atomic mass is 9.77. The number of fused-ring (bicyclic) bond motifs is 1. The fraction of sp³-hybridized carbons (Fsp3) is 0.500. The van der Waals surface area contributed by atoms with Crippen molar-refractivity contribution in [1.29, 1.82) is 0 Å². The highest BCUT2D eigenvalue weighted by Crippen LogP contribution is 2.36. The minimum absolute atomic E-state index is 0.104. The van der Waals surface area contributed by atoms with E-state index in [1.165, 1.54) is 17.7 Å². The number of hydroxylamine groups is 2. The normalized spacial score (nSPS) is 23.5. The number of benzene rings is 1. The predicted molar refractivity (Wildman–Crippen MR) is 79.4 cm³/mol. The van der Waals surface area contributed by atoms with E-state index in [1.54, 1.807) is 7.05 Å². The third kappa shape index (κ3) is 2.42. The monoisotopic (exact) mass is 288 g/mol. The number of hydrogen-bond donors (Lipinski definition) is 0. The third-order valence-corrected chi connectivity index (χ3v) is 4.37. The van der Waals surface area contributed by atoms with Gasteiger partial charge in [0.2, 0.25) is 0 Å². The fourth-order valence-electron chi connectivity index (χ4n) is 3.20. The van der Waals surface area contributed by atoms with Gasteiger partial charge in [0, 0.05) is 26.0 Å². The molecule has 5 nitrogen and oxygen atoms in total. The Labute approximate surface area is 124 Å². The summed E-state index contributed by atoms with van der Waals surface area (Å²) in [6.45, 7) is 2.55. The van der Waals surface area contributed by atoms with E-state index < -0.39 is 0 Å². The minimum Gasteiger partial charge on any atom is -0.479 e. The summed E-state index contributed by atoms with van der Waals surface area (Å²) in [5.41, 5.74) is 2.91. The van der Waals surface area contributed by atoms with Crippen LogP contribution in [-0.2, 0) is 22.4 Å². The lowest BCUT2D eigenvalue weighted by Crippen LogP contribution is -2.37. The fourth-order valence-corrected chi connectivity index (χ4v) is 3.20. The maximum Gasteiger partial charge on any atom is 0.277 e. The molecule has 0 aromatic heterocycles. The van der Waals surface area contributed by atoms with Crippen LogP contribution in [0.25, 0.3) is 0 Å². The van der Waals surface area contributed by atoms with Crippen LogP contribution in [0.4, 0.5) is 0 Å². The zero-order chi connectivity index (χ0) is 15.0. The van der Waals surface area contributed by atoms with E-state index in [0.29, 0.717) is 6.61 Å². The standard InChI is InChI=1S/C16H20N2O3/c1-11-17-16(10-21-11)8-7-13-12(9-16)5-4-6-14(13)15(19)18(2)20-3/h4-6H,7-10H2,1-3H3. The molecule has 1 spiro atoms. The van der Waals surface area contributed by atoms with Gasteiger partial charge in [0.25, 0.3) is 5.91 Å². The minimum atomic E-state index is -0.133. The first-order chi connectivity index (χ1) is 10.0. The van der Waals surface area contributed by atoms with E-state index in [4.69, 9.17) is 9.57 Å². The summed E-state index contributed by atoms with van der Waals surface area (Å²) in [6, 6.07) is 5.89. The summed E-state index contributed by atoms with van der Waals surface area (Å²) in [4.78, 5) is 22.0. The van der Waals surface area contributed by atoms with Crippen molar-refractivity contribution in [3.8, 4) is 0 Å². The molecule has 1 aliphatic heterocycles. The first kappa shape index (κ1) is 14.1. The van der Waals surface area contributed by atoms with E-state index in [9.17, 15) is 4.79 Å². The Kier molecular flexibility index (Phi) is 3.45. The van der Waals surface area contributed by atoms with Crippen molar-refractivity contribution >= 4 is 11.8 Å².